The molecule has 0 aliphatic carbocycles. The molecule has 3 aromatic rings. The Labute approximate surface area is 205 Å². The van der Waals surface area contributed by atoms with Gasteiger partial charge in [0.25, 0.3) is 0 Å². The second kappa shape index (κ2) is 11.8. The number of carbonyl (C=O) groups is 3. The van der Waals surface area contributed by atoms with Crippen LogP contribution in [0.1, 0.15) is 41.3 Å². The third-order valence-electron chi connectivity index (χ3n) is 5.37. The number of carbonyl (C=O) groups excluding carboxylic acids is 3. The first-order chi connectivity index (χ1) is 16.8. The predicted octanol–water partition coefficient (Wildman–Crippen LogP) is 5.64. The fraction of sp³-hybridized carbons (Fsp3) is 0.250. The minimum absolute atomic E-state index is 0.0665. The van der Waals surface area contributed by atoms with Crippen molar-refractivity contribution >= 4 is 23.3 Å². The molecular weight excluding hydrogens is 446 g/mol. The van der Waals surface area contributed by atoms with Gasteiger partial charge in [-0.05, 0) is 80.4 Å². The van der Waals surface area contributed by atoms with Crippen LogP contribution in [0.5, 0.6) is 17.2 Å². The van der Waals surface area contributed by atoms with Gasteiger partial charge >= 0.3 is 5.97 Å². The lowest BCUT2D eigenvalue weighted by molar-refractivity contribution is -0.147. The van der Waals surface area contributed by atoms with Crippen LogP contribution in [-0.4, -0.2) is 30.9 Å². The zero-order valence-electron chi connectivity index (χ0n) is 20.3. The number of aryl methyl sites for hydroxylation is 2. The topological polar surface area (TPSA) is 90.9 Å². The van der Waals surface area contributed by atoms with E-state index >= 15 is 0 Å². The van der Waals surface area contributed by atoms with E-state index in [9.17, 15) is 14.4 Å². The average Bonchev–Trinajstić information content (AvgIpc) is 2.85. The molecule has 0 saturated carbocycles. The quantitative estimate of drug-likeness (QED) is 0.302. The number of hydrogen-bond acceptors (Lipinski definition) is 6. The Morgan fingerprint density at radius 1 is 0.829 bits per heavy atom. The maximum absolute atomic E-state index is 12.4. The summed E-state index contributed by atoms with van der Waals surface area (Å²) in [7, 11) is 1.54. The van der Waals surface area contributed by atoms with Crippen molar-refractivity contribution < 1.29 is 28.6 Å². The van der Waals surface area contributed by atoms with Crippen LogP contribution in [0.2, 0.25) is 0 Å². The number of hydrogen-bond donors (Lipinski definition) is 1. The molecule has 1 unspecified atom stereocenters. The van der Waals surface area contributed by atoms with E-state index in [1.165, 1.54) is 14.0 Å². The molecule has 0 saturated heterocycles. The van der Waals surface area contributed by atoms with Crippen LogP contribution in [0.25, 0.3) is 0 Å². The molecule has 0 fully saturated rings. The van der Waals surface area contributed by atoms with Gasteiger partial charge < -0.3 is 19.5 Å². The summed E-state index contributed by atoms with van der Waals surface area (Å²) in [6.07, 6.45) is -1.16. The van der Waals surface area contributed by atoms with Gasteiger partial charge in [-0.15, -0.1) is 0 Å². The molecule has 0 bridgehead atoms. The van der Waals surface area contributed by atoms with Crippen LogP contribution in [0.4, 0.5) is 5.69 Å². The molecule has 0 spiro atoms. The highest BCUT2D eigenvalue weighted by molar-refractivity contribution is 6.00. The first-order valence-electron chi connectivity index (χ1n) is 11.3. The van der Waals surface area contributed by atoms with Crippen molar-refractivity contribution in [2.45, 2.75) is 39.7 Å². The number of benzene rings is 3. The van der Waals surface area contributed by atoms with E-state index in [1.54, 1.807) is 48.5 Å². The summed E-state index contributed by atoms with van der Waals surface area (Å²) in [5, 5.41) is 2.74. The number of anilines is 1. The number of methoxy groups -OCH3 is 1. The van der Waals surface area contributed by atoms with Gasteiger partial charge in [0.2, 0.25) is 11.7 Å². The molecule has 35 heavy (non-hydrogen) atoms. The molecule has 3 aromatic carbocycles. The number of amides is 1. The van der Waals surface area contributed by atoms with Crippen LogP contribution in [-0.2, 0) is 14.3 Å². The summed E-state index contributed by atoms with van der Waals surface area (Å²) in [6, 6.07) is 19.5. The van der Waals surface area contributed by atoms with Gasteiger partial charge in [-0.25, -0.2) is 0 Å². The Hall–Kier alpha value is -4.13. The van der Waals surface area contributed by atoms with Crippen LogP contribution in [0.15, 0.2) is 66.7 Å². The van der Waals surface area contributed by atoms with Gasteiger partial charge in [0, 0.05) is 17.7 Å². The molecule has 0 radical (unpaired) electrons. The largest absolute Gasteiger partial charge is 0.497 e. The van der Waals surface area contributed by atoms with Gasteiger partial charge in [0.15, 0.2) is 6.10 Å². The molecule has 1 amide bonds. The zero-order chi connectivity index (χ0) is 25.4. The SMILES string of the molecule is COc1ccc(C(=O)C(C)OC(=O)CCC(=O)Nc2ccc(Oc3c(C)cccc3C)cc2)cc1. The molecule has 7 nitrogen and oxygen atoms in total. The van der Waals surface area contributed by atoms with Crippen molar-refractivity contribution in [3.8, 4) is 17.2 Å². The maximum atomic E-state index is 12.4. The predicted molar refractivity (Wildman–Crippen MR) is 133 cm³/mol. The molecule has 0 aromatic heterocycles. The van der Waals surface area contributed by atoms with Gasteiger partial charge in [0.1, 0.15) is 17.2 Å². The highest BCUT2D eigenvalue weighted by Gasteiger charge is 2.20. The fourth-order valence-electron chi connectivity index (χ4n) is 3.42. The Bertz CT molecular complexity index is 1160. The molecule has 7 heteroatoms. The third kappa shape index (κ3) is 7.17. The van der Waals surface area contributed by atoms with E-state index in [1.807, 2.05) is 32.0 Å². The number of ether oxygens (including phenoxy) is 3. The van der Waals surface area contributed by atoms with E-state index in [4.69, 9.17) is 14.2 Å². The number of Topliss-reactive ketones (excluding diaryl/α,β-unsaturated/α-hetero) is 1. The molecule has 1 atom stereocenters. The zero-order valence-corrected chi connectivity index (χ0v) is 20.3. The van der Waals surface area contributed by atoms with Crippen molar-refractivity contribution in [1.82, 2.24) is 0 Å². The van der Waals surface area contributed by atoms with Gasteiger partial charge in [-0.3, -0.25) is 14.4 Å². The lowest BCUT2D eigenvalue weighted by atomic mass is 10.1. The van der Waals surface area contributed by atoms with Crippen molar-refractivity contribution in [2.24, 2.45) is 0 Å². The smallest absolute Gasteiger partial charge is 0.307 e. The molecule has 0 heterocycles. The Morgan fingerprint density at radius 2 is 1.43 bits per heavy atom. The number of esters is 1. The fourth-order valence-corrected chi connectivity index (χ4v) is 3.42. The molecule has 1 N–H and O–H groups in total. The van der Waals surface area contributed by atoms with Crippen molar-refractivity contribution in [3.05, 3.63) is 83.4 Å². The van der Waals surface area contributed by atoms with Crippen LogP contribution in [0.3, 0.4) is 0 Å². The van der Waals surface area contributed by atoms with Gasteiger partial charge in [0.05, 0.1) is 13.5 Å². The van der Waals surface area contributed by atoms with E-state index in [0.29, 0.717) is 22.7 Å². The summed E-state index contributed by atoms with van der Waals surface area (Å²) < 4.78 is 16.2. The van der Waals surface area contributed by atoms with Gasteiger partial charge in [-0.2, -0.15) is 0 Å². The standard InChI is InChI=1S/C28H29NO6/c1-18-6-5-7-19(2)28(18)35-24-14-10-22(11-15-24)29-25(30)16-17-26(31)34-20(3)27(32)21-8-12-23(33-4)13-9-21/h5-15,20H,16-17H2,1-4H3,(H,29,30). The lowest BCUT2D eigenvalue weighted by Crippen LogP contribution is -2.25. The average molecular weight is 476 g/mol. The molecule has 0 aliphatic rings. The number of para-hydroxylation sites is 1. The Kier molecular flexibility index (Phi) is 8.62. The van der Waals surface area contributed by atoms with Crippen molar-refractivity contribution in [3.63, 3.8) is 0 Å². The molecule has 0 aliphatic heterocycles. The minimum atomic E-state index is -0.955. The first kappa shape index (κ1) is 25.5. The first-order valence-corrected chi connectivity index (χ1v) is 11.3. The summed E-state index contributed by atoms with van der Waals surface area (Å²) in [5.41, 5.74) is 3.07. The number of rotatable bonds is 10. The second-order valence-electron chi connectivity index (χ2n) is 8.12. The van der Waals surface area contributed by atoms with E-state index in [2.05, 4.69) is 5.32 Å². The van der Waals surface area contributed by atoms with Crippen LogP contribution in [0, 0.1) is 13.8 Å². The Balaban J connectivity index is 1.45. The van der Waals surface area contributed by atoms with Crippen molar-refractivity contribution in [2.75, 3.05) is 12.4 Å². The Morgan fingerprint density at radius 3 is 2.03 bits per heavy atom. The van der Waals surface area contributed by atoms with E-state index in [0.717, 1.165) is 16.9 Å². The van der Waals surface area contributed by atoms with E-state index < -0.39 is 12.1 Å². The highest BCUT2D eigenvalue weighted by atomic mass is 16.5. The molecule has 3 rings (SSSR count). The monoisotopic (exact) mass is 475 g/mol. The summed E-state index contributed by atoms with van der Waals surface area (Å²) in [6.45, 7) is 5.47. The highest BCUT2D eigenvalue weighted by Crippen LogP contribution is 2.29. The van der Waals surface area contributed by atoms with Crippen LogP contribution >= 0.6 is 0 Å². The van der Waals surface area contributed by atoms with E-state index in [-0.39, 0.29) is 24.5 Å². The normalized spacial score (nSPS) is 11.3. The number of ketones is 1. The van der Waals surface area contributed by atoms with Crippen LogP contribution < -0.4 is 14.8 Å². The van der Waals surface area contributed by atoms with Gasteiger partial charge in [-0.1, -0.05) is 18.2 Å². The maximum Gasteiger partial charge on any atom is 0.307 e. The molecule has 182 valence electrons. The lowest BCUT2D eigenvalue weighted by Gasteiger charge is -2.13. The minimum Gasteiger partial charge on any atom is -0.497 e. The summed E-state index contributed by atoms with van der Waals surface area (Å²) in [5.74, 6) is 0.808. The number of nitrogens with one attached hydrogen (secondary N) is 1. The second-order valence-corrected chi connectivity index (χ2v) is 8.12. The summed E-state index contributed by atoms with van der Waals surface area (Å²) >= 11 is 0. The summed E-state index contributed by atoms with van der Waals surface area (Å²) in [4.78, 5) is 36.8. The molecular formula is C28H29NO6. The third-order valence-corrected chi connectivity index (χ3v) is 5.37. The van der Waals surface area contributed by atoms with Crippen molar-refractivity contribution in [1.29, 1.82) is 0 Å².